The zero-order valence-corrected chi connectivity index (χ0v) is 19.2. The van der Waals surface area contributed by atoms with Gasteiger partial charge in [0, 0.05) is 12.1 Å². The van der Waals surface area contributed by atoms with E-state index < -0.39 is 0 Å². The lowest BCUT2D eigenvalue weighted by molar-refractivity contribution is -0.0579. The SMILES string of the molecule is C=C1CCCC2[C@@]1(C)CC[C@@H](C)[C@]2(C)CCC1(C)CCn2cnc3ncnc(c32)N1. The highest BCUT2D eigenvalue weighted by molar-refractivity contribution is 5.83. The molecule has 2 aliphatic carbocycles. The molecule has 1 aliphatic heterocycles. The molecule has 1 N–H and O–H groups in total. The second-order valence-corrected chi connectivity index (χ2v) is 11.2. The van der Waals surface area contributed by atoms with Gasteiger partial charge in [-0.05, 0) is 81.0 Å². The third kappa shape index (κ3) is 2.91. The third-order valence-corrected chi connectivity index (χ3v) is 9.52. The largest absolute Gasteiger partial charge is 0.363 e. The number of hydrogen-bond donors (Lipinski definition) is 1. The Morgan fingerprint density at radius 1 is 1.13 bits per heavy atom. The zero-order valence-electron chi connectivity index (χ0n) is 19.2. The summed E-state index contributed by atoms with van der Waals surface area (Å²) in [6.45, 7) is 15.5. The maximum atomic E-state index is 4.58. The molecule has 0 radical (unpaired) electrons. The molecule has 2 saturated carbocycles. The van der Waals surface area contributed by atoms with Gasteiger partial charge in [-0.3, -0.25) is 0 Å². The van der Waals surface area contributed by atoms with Crippen LogP contribution in [-0.2, 0) is 6.54 Å². The number of imidazole rings is 1. The smallest absolute Gasteiger partial charge is 0.182 e. The fourth-order valence-electron chi connectivity index (χ4n) is 7.01. The Hall–Kier alpha value is -1.91. The van der Waals surface area contributed by atoms with Crippen LogP contribution in [0.3, 0.4) is 0 Å². The van der Waals surface area contributed by atoms with Gasteiger partial charge in [0.2, 0.25) is 0 Å². The van der Waals surface area contributed by atoms with Crippen LogP contribution in [0.4, 0.5) is 5.82 Å². The molecule has 0 amide bonds. The van der Waals surface area contributed by atoms with Crippen LogP contribution in [0.5, 0.6) is 0 Å². The first-order valence-corrected chi connectivity index (χ1v) is 11.9. The summed E-state index contributed by atoms with van der Waals surface area (Å²) in [6.07, 6.45) is 13.6. The van der Waals surface area contributed by atoms with Gasteiger partial charge in [0.15, 0.2) is 11.5 Å². The summed E-state index contributed by atoms with van der Waals surface area (Å²) < 4.78 is 2.22. The second-order valence-electron chi connectivity index (χ2n) is 11.2. The Bertz CT molecular complexity index is 979. The Morgan fingerprint density at radius 2 is 1.97 bits per heavy atom. The lowest BCUT2D eigenvalue weighted by Gasteiger charge is -2.59. The minimum Gasteiger partial charge on any atom is -0.363 e. The Kier molecular flexibility index (Phi) is 4.53. The maximum Gasteiger partial charge on any atom is 0.182 e. The number of anilines is 1. The van der Waals surface area contributed by atoms with E-state index in [9.17, 15) is 0 Å². The van der Waals surface area contributed by atoms with Gasteiger partial charge < -0.3 is 9.88 Å². The molecule has 2 aromatic heterocycles. The first-order chi connectivity index (χ1) is 14.3. The van der Waals surface area contributed by atoms with Crippen molar-refractivity contribution in [3.8, 4) is 0 Å². The molecular formula is C25H37N5. The molecule has 5 nitrogen and oxygen atoms in total. The highest BCUT2D eigenvalue weighted by atomic mass is 15.2. The first kappa shape index (κ1) is 20.0. The quantitative estimate of drug-likeness (QED) is 0.636. The van der Waals surface area contributed by atoms with E-state index in [1.807, 2.05) is 6.33 Å². The van der Waals surface area contributed by atoms with Crippen molar-refractivity contribution in [3.05, 3.63) is 24.8 Å². The molecule has 5 rings (SSSR count). The monoisotopic (exact) mass is 407 g/mol. The van der Waals surface area contributed by atoms with Gasteiger partial charge in [-0.2, -0.15) is 0 Å². The number of allylic oxidation sites excluding steroid dienone is 1. The van der Waals surface area contributed by atoms with Crippen molar-refractivity contribution >= 4 is 17.0 Å². The molecule has 2 unspecified atom stereocenters. The minimum atomic E-state index is 0.0303. The molecule has 2 aromatic rings. The number of hydrogen-bond acceptors (Lipinski definition) is 4. The van der Waals surface area contributed by atoms with Gasteiger partial charge in [-0.1, -0.05) is 32.9 Å². The van der Waals surface area contributed by atoms with Gasteiger partial charge in [-0.25, -0.2) is 15.0 Å². The van der Waals surface area contributed by atoms with Crippen LogP contribution in [-0.4, -0.2) is 25.1 Å². The second kappa shape index (κ2) is 6.80. The number of nitrogens with zero attached hydrogens (tertiary/aromatic N) is 4. The van der Waals surface area contributed by atoms with Crippen molar-refractivity contribution in [2.24, 2.45) is 22.7 Å². The summed E-state index contributed by atoms with van der Waals surface area (Å²) in [4.78, 5) is 13.4. The molecule has 30 heavy (non-hydrogen) atoms. The first-order valence-electron chi connectivity index (χ1n) is 11.9. The molecule has 5 atom stereocenters. The van der Waals surface area contributed by atoms with Gasteiger partial charge in [0.25, 0.3) is 0 Å². The Labute approximate surface area is 180 Å². The average Bonchev–Trinajstić information content (AvgIpc) is 3.08. The van der Waals surface area contributed by atoms with Crippen LogP contribution in [0.15, 0.2) is 24.8 Å². The van der Waals surface area contributed by atoms with Crippen LogP contribution in [0.25, 0.3) is 11.2 Å². The molecule has 0 spiro atoms. The lowest BCUT2D eigenvalue weighted by Crippen LogP contribution is -2.51. The minimum absolute atomic E-state index is 0.0303. The Balaban J connectivity index is 1.40. The maximum absolute atomic E-state index is 4.58. The van der Waals surface area contributed by atoms with Crippen molar-refractivity contribution in [2.45, 2.75) is 91.1 Å². The number of aromatic nitrogens is 4. The summed E-state index contributed by atoms with van der Waals surface area (Å²) in [5.41, 5.74) is 4.09. The topological polar surface area (TPSA) is 55.6 Å². The predicted molar refractivity (Wildman–Crippen MR) is 122 cm³/mol. The average molecular weight is 408 g/mol. The van der Waals surface area contributed by atoms with Gasteiger partial charge >= 0.3 is 0 Å². The highest BCUT2D eigenvalue weighted by Crippen LogP contribution is 2.63. The zero-order chi connectivity index (χ0) is 21.1. The van der Waals surface area contributed by atoms with Crippen LogP contribution < -0.4 is 5.32 Å². The van der Waals surface area contributed by atoms with Crippen molar-refractivity contribution in [2.75, 3.05) is 5.32 Å². The van der Waals surface area contributed by atoms with E-state index in [1.165, 1.54) is 44.1 Å². The van der Waals surface area contributed by atoms with Crippen molar-refractivity contribution in [1.29, 1.82) is 0 Å². The molecule has 0 saturated heterocycles. The molecular weight excluding hydrogens is 370 g/mol. The number of aryl methyl sites for hydroxylation is 1. The van der Waals surface area contributed by atoms with Gasteiger partial charge in [0.1, 0.15) is 11.8 Å². The molecule has 0 bridgehead atoms. The number of nitrogens with one attached hydrogen (secondary N) is 1. The summed E-state index contributed by atoms with van der Waals surface area (Å²) in [5, 5.41) is 3.82. The molecule has 162 valence electrons. The van der Waals surface area contributed by atoms with Crippen molar-refractivity contribution < 1.29 is 0 Å². The molecule has 3 heterocycles. The fraction of sp³-hybridized carbons (Fsp3) is 0.720. The van der Waals surface area contributed by atoms with Crippen LogP contribution >= 0.6 is 0 Å². The van der Waals surface area contributed by atoms with Crippen molar-refractivity contribution in [1.82, 2.24) is 19.5 Å². The van der Waals surface area contributed by atoms with E-state index in [0.717, 1.165) is 48.2 Å². The molecule has 2 fully saturated rings. The van der Waals surface area contributed by atoms with E-state index in [0.29, 0.717) is 10.8 Å². The van der Waals surface area contributed by atoms with E-state index >= 15 is 0 Å². The predicted octanol–water partition coefficient (Wildman–Crippen LogP) is 5.98. The van der Waals surface area contributed by atoms with Crippen molar-refractivity contribution in [3.63, 3.8) is 0 Å². The highest BCUT2D eigenvalue weighted by Gasteiger charge is 2.54. The summed E-state index contributed by atoms with van der Waals surface area (Å²) in [7, 11) is 0. The van der Waals surface area contributed by atoms with Crippen LogP contribution in [0.1, 0.15) is 79.1 Å². The van der Waals surface area contributed by atoms with Crippen LogP contribution in [0.2, 0.25) is 0 Å². The van der Waals surface area contributed by atoms with E-state index in [1.54, 1.807) is 6.33 Å². The van der Waals surface area contributed by atoms with Gasteiger partial charge in [0.05, 0.1) is 6.33 Å². The number of rotatable bonds is 3. The summed E-state index contributed by atoms with van der Waals surface area (Å²) in [5.74, 6) is 2.46. The summed E-state index contributed by atoms with van der Waals surface area (Å²) >= 11 is 0. The third-order valence-electron chi connectivity index (χ3n) is 9.52. The number of fused-ring (bicyclic) bond motifs is 1. The van der Waals surface area contributed by atoms with E-state index in [-0.39, 0.29) is 5.54 Å². The fourth-order valence-corrected chi connectivity index (χ4v) is 7.01. The van der Waals surface area contributed by atoms with E-state index in [2.05, 4.69) is 59.1 Å². The standard InChI is InChI=1S/C25H37N5/c1-17-7-6-8-19-24(17,4)10-9-18(2)25(19,5)12-11-23(3)13-14-30-16-28-21-20(30)22(29-23)27-15-26-21/h15-16,18-19H,1,6-14H2,2-5H3,(H,26,27,29)/t18-,19?,23?,24+,25+/m1/s1. The molecule has 5 heteroatoms. The molecule has 0 aromatic carbocycles. The molecule has 3 aliphatic rings. The van der Waals surface area contributed by atoms with Crippen LogP contribution in [0, 0.1) is 22.7 Å². The Morgan fingerprint density at radius 3 is 2.80 bits per heavy atom. The lowest BCUT2D eigenvalue weighted by atomic mass is 9.46. The summed E-state index contributed by atoms with van der Waals surface area (Å²) in [6, 6.07) is 0. The van der Waals surface area contributed by atoms with E-state index in [4.69, 9.17) is 0 Å². The van der Waals surface area contributed by atoms with Gasteiger partial charge in [-0.15, -0.1) is 0 Å². The normalized spacial score (nSPS) is 38.7.